The van der Waals surface area contributed by atoms with E-state index < -0.39 is 0 Å². The van der Waals surface area contributed by atoms with E-state index in [1.54, 1.807) is 0 Å². The van der Waals surface area contributed by atoms with Gasteiger partial charge in [0.15, 0.2) is 0 Å². The molecule has 0 N–H and O–H groups in total. The SMILES string of the molecule is [CH2]OCCOC(C)C. The van der Waals surface area contributed by atoms with Crippen molar-refractivity contribution in [3.63, 3.8) is 0 Å². The van der Waals surface area contributed by atoms with E-state index >= 15 is 0 Å². The third kappa shape index (κ3) is 5.92. The molecule has 0 atom stereocenters. The molecule has 0 bridgehead atoms. The van der Waals surface area contributed by atoms with Crippen molar-refractivity contribution in [1.82, 2.24) is 0 Å². The fourth-order valence-electron chi connectivity index (χ4n) is 0.343. The standard InChI is InChI=1S/C6H13O2/c1-6(2)8-5-4-7-3/h6H,3-5H2,1-2H3. The van der Waals surface area contributed by atoms with Crippen LogP contribution < -0.4 is 0 Å². The lowest BCUT2D eigenvalue weighted by molar-refractivity contribution is 0.0434. The van der Waals surface area contributed by atoms with Crippen LogP contribution in [0.2, 0.25) is 0 Å². The van der Waals surface area contributed by atoms with Crippen molar-refractivity contribution in [3.8, 4) is 0 Å². The highest BCUT2D eigenvalue weighted by Gasteiger charge is 1.89. The smallest absolute Gasteiger partial charge is 0.0703 e. The van der Waals surface area contributed by atoms with Gasteiger partial charge in [0.1, 0.15) is 0 Å². The van der Waals surface area contributed by atoms with Crippen LogP contribution in [0.1, 0.15) is 13.8 Å². The summed E-state index contributed by atoms with van der Waals surface area (Å²) in [5.41, 5.74) is 0. The molecular weight excluding hydrogens is 104 g/mol. The lowest BCUT2D eigenvalue weighted by atomic mass is 10.5. The van der Waals surface area contributed by atoms with Crippen molar-refractivity contribution < 1.29 is 9.47 Å². The fourth-order valence-corrected chi connectivity index (χ4v) is 0.343. The second-order valence-electron chi connectivity index (χ2n) is 1.83. The van der Waals surface area contributed by atoms with Gasteiger partial charge in [-0.2, -0.15) is 0 Å². The van der Waals surface area contributed by atoms with Crippen LogP contribution in [0.25, 0.3) is 0 Å². The van der Waals surface area contributed by atoms with Crippen molar-refractivity contribution in [2.75, 3.05) is 13.2 Å². The van der Waals surface area contributed by atoms with E-state index in [4.69, 9.17) is 4.74 Å². The topological polar surface area (TPSA) is 18.5 Å². The predicted octanol–water partition coefficient (Wildman–Crippen LogP) is 1.22. The summed E-state index contributed by atoms with van der Waals surface area (Å²) >= 11 is 0. The van der Waals surface area contributed by atoms with Crippen LogP contribution >= 0.6 is 0 Å². The largest absolute Gasteiger partial charge is 0.377 e. The number of hydrogen-bond acceptors (Lipinski definition) is 2. The molecule has 0 amide bonds. The van der Waals surface area contributed by atoms with Crippen LogP contribution in [0.4, 0.5) is 0 Å². The Labute approximate surface area is 50.8 Å². The minimum atomic E-state index is 0.296. The Kier molecular flexibility index (Phi) is 5.01. The van der Waals surface area contributed by atoms with Gasteiger partial charge in [-0.15, -0.1) is 0 Å². The van der Waals surface area contributed by atoms with Crippen molar-refractivity contribution in [2.45, 2.75) is 20.0 Å². The normalized spacial score (nSPS) is 10.5. The number of rotatable bonds is 4. The van der Waals surface area contributed by atoms with Gasteiger partial charge in [-0.1, -0.05) is 0 Å². The molecule has 2 heteroatoms. The molecule has 0 rings (SSSR count). The first-order valence-electron chi connectivity index (χ1n) is 2.76. The fraction of sp³-hybridized carbons (Fsp3) is 0.833. The summed E-state index contributed by atoms with van der Waals surface area (Å²) in [6.07, 6.45) is 0.296. The zero-order valence-electron chi connectivity index (χ0n) is 5.52. The molecular formula is C6H13O2. The van der Waals surface area contributed by atoms with Gasteiger partial charge in [0.2, 0.25) is 0 Å². The van der Waals surface area contributed by atoms with Crippen LogP contribution in [-0.2, 0) is 9.47 Å². The van der Waals surface area contributed by atoms with E-state index in [2.05, 4.69) is 11.8 Å². The molecule has 0 aromatic carbocycles. The summed E-state index contributed by atoms with van der Waals surface area (Å²) < 4.78 is 9.63. The molecule has 8 heavy (non-hydrogen) atoms. The van der Waals surface area contributed by atoms with Crippen molar-refractivity contribution in [2.24, 2.45) is 0 Å². The maximum Gasteiger partial charge on any atom is 0.0703 e. The monoisotopic (exact) mass is 117 g/mol. The highest BCUT2D eigenvalue weighted by atomic mass is 16.5. The Morgan fingerprint density at radius 1 is 1.38 bits per heavy atom. The average molecular weight is 117 g/mol. The number of hydrogen-bond donors (Lipinski definition) is 0. The molecule has 0 unspecified atom stereocenters. The van der Waals surface area contributed by atoms with Crippen LogP contribution in [0.15, 0.2) is 0 Å². The average Bonchev–Trinajstić information content (AvgIpc) is 1.66. The van der Waals surface area contributed by atoms with Gasteiger partial charge in [0.25, 0.3) is 0 Å². The van der Waals surface area contributed by atoms with Gasteiger partial charge >= 0.3 is 0 Å². The Balaban J connectivity index is 2.72. The summed E-state index contributed by atoms with van der Waals surface area (Å²) in [6, 6.07) is 0. The molecule has 0 aromatic rings. The lowest BCUT2D eigenvalue weighted by Crippen LogP contribution is -2.07. The molecule has 1 radical (unpaired) electrons. The highest BCUT2D eigenvalue weighted by molar-refractivity contribution is 4.35. The number of ether oxygens (including phenoxy) is 2. The highest BCUT2D eigenvalue weighted by Crippen LogP contribution is 1.85. The third-order valence-corrected chi connectivity index (χ3v) is 0.679. The third-order valence-electron chi connectivity index (χ3n) is 0.679. The van der Waals surface area contributed by atoms with Crippen molar-refractivity contribution >= 4 is 0 Å². The van der Waals surface area contributed by atoms with Crippen molar-refractivity contribution in [1.29, 1.82) is 0 Å². The molecule has 49 valence electrons. The minimum Gasteiger partial charge on any atom is -0.377 e. The second-order valence-corrected chi connectivity index (χ2v) is 1.83. The summed E-state index contributed by atoms with van der Waals surface area (Å²) in [4.78, 5) is 0. The van der Waals surface area contributed by atoms with Gasteiger partial charge in [-0.3, -0.25) is 0 Å². The van der Waals surface area contributed by atoms with E-state index in [0.717, 1.165) is 0 Å². The quantitative estimate of drug-likeness (QED) is 0.515. The van der Waals surface area contributed by atoms with Crippen LogP contribution in [0.5, 0.6) is 0 Å². The summed E-state index contributed by atoms with van der Waals surface area (Å²) in [7, 11) is 3.20. The maximum atomic E-state index is 5.12. The van der Waals surface area contributed by atoms with Crippen LogP contribution in [0, 0.1) is 7.11 Å². The van der Waals surface area contributed by atoms with Crippen LogP contribution in [0.3, 0.4) is 0 Å². The molecule has 0 aliphatic rings. The molecule has 2 nitrogen and oxygen atoms in total. The van der Waals surface area contributed by atoms with Crippen LogP contribution in [-0.4, -0.2) is 19.3 Å². The van der Waals surface area contributed by atoms with E-state index in [1.807, 2.05) is 13.8 Å². The van der Waals surface area contributed by atoms with E-state index in [0.29, 0.717) is 19.3 Å². The summed E-state index contributed by atoms with van der Waals surface area (Å²) in [6.45, 7) is 5.20. The van der Waals surface area contributed by atoms with Gasteiger partial charge in [0, 0.05) is 0 Å². The predicted molar refractivity (Wildman–Crippen MR) is 32.4 cm³/mol. The first-order chi connectivity index (χ1) is 3.77. The molecule has 0 spiro atoms. The molecule has 0 heterocycles. The van der Waals surface area contributed by atoms with Gasteiger partial charge in [0.05, 0.1) is 26.4 Å². The maximum absolute atomic E-state index is 5.12. The zero-order valence-corrected chi connectivity index (χ0v) is 5.52. The molecule has 0 fully saturated rings. The van der Waals surface area contributed by atoms with Gasteiger partial charge < -0.3 is 9.47 Å². The molecule has 0 saturated heterocycles. The Morgan fingerprint density at radius 2 is 2.00 bits per heavy atom. The molecule has 0 aliphatic carbocycles. The zero-order chi connectivity index (χ0) is 6.41. The van der Waals surface area contributed by atoms with E-state index in [-0.39, 0.29) is 0 Å². The lowest BCUT2D eigenvalue weighted by Gasteiger charge is -2.04. The first kappa shape index (κ1) is 7.92. The second kappa shape index (κ2) is 5.06. The Hall–Kier alpha value is -0.0800. The van der Waals surface area contributed by atoms with Gasteiger partial charge in [-0.25, -0.2) is 0 Å². The van der Waals surface area contributed by atoms with Crippen molar-refractivity contribution in [3.05, 3.63) is 7.11 Å². The molecule has 0 aromatic heterocycles. The summed E-state index contributed by atoms with van der Waals surface area (Å²) in [5.74, 6) is 0. The van der Waals surface area contributed by atoms with E-state index in [1.165, 1.54) is 0 Å². The Bertz CT molecular complexity index is 43.8. The first-order valence-corrected chi connectivity index (χ1v) is 2.76. The molecule has 0 aliphatic heterocycles. The Morgan fingerprint density at radius 3 is 2.38 bits per heavy atom. The minimum absolute atomic E-state index is 0.296. The molecule has 0 saturated carbocycles. The van der Waals surface area contributed by atoms with Gasteiger partial charge in [-0.05, 0) is 13.8 Å². The van der Waals surface area contributed by atoms with E-state index in [9.17, 15) is 0 Å². The summed E-state index contributed by atoms with van der Waals surface area (Å²) in [5, 5.41) is 0.